The van der Waals surface area contributed by atoms with E-state index in [2.05, 4.69) is 62.0 Å². The number of unbranched alkanes of at least 4 members (excludes halogenated alkanes) is 23. The number of alkyl halides is 1. The maximum atomic E-state index is 13.2. The summed E-state index contributed by atoms with van der Waals surface area (Å²) in [6.45, 7) is 6.77. The van der Waals surface area contributed by atoms with Crippen LogP contribution < -0.4 is 10.6 Å². The van der Waals surface area contributed by atoms with Crippen molar-refractivity contribution in [2.75, 3.05) is 24.3 Å². The molecule has 2 N–H and O–H groups in total. The number of halogens is 1. The summed E-state index contributed by atoms with van der Waals surface area (Å²) in [7, 11) is -0.209. The number of esters is 1. The van der Waals surface area contributed by atoms with Crippen molar-refractivity contribution >= 4 is 40.3 Å². The molecule has 0 saturated carbocycles. The highest BCUT2D eigenvalue weighted by Gasteiger charge is 2.25. The average molecular weight is 814 g/mol. The van der Waals surface area contributed by atoms with Crippen LogP contribution in [-0.2, 0) is 19.1 Å². The van der Waals surface area contributed by atoms with Gasteiger partial charge in [0, 0.05) is 12.8 Å². The molecule has 0 aliphatic heterocycles. The first-order chi connectivity index (χ1) is 26.8. The zero-order valence-electron chi connectivity index (χ0n) is 36.5. The van der Waals surface area contributed by atoms with E-state index in [4.69, 9.17) is 16.3 Å². The second-order valence-corrected chi connectivity index (χ2v) is 19.0. The summed E-state index contributed by atoms with van der Waals surface area (Å²) in [5.41, 5.74) is -0.974. The van der Waals surface area contributed by atoms with Crippen molar-refractivity contribution < 1.29 is 19.1 Å². The Morgan fingerprint density at radius 2 is 0.945 bits per heavy atom. The molecule has 0 aliphatic carbocycles. The van der Waals surface area contributed by atoms with Crippen LogP contribution in [0.4, 0.5) is 0 Å². The molecule has 3 atom stereocenters. The molecule has 0 saturated heterocycles. The van der Waals surface area contributed by atoms with Crippen molar-refractivity contribution in [2.45, 2.75) is 231 Å². The third kappa shape index (κ3) is 39.2. The van der Waals surface area contributed by atoms with Crippen LogP contribution >= 0.6 is 22.5 Å². The molecule has 0 heterocycles. The maximum absolute atomic E-state index is 13.2. The summed E-state index contributed by atoms with van der Waals surface area (Å²) in [4.78, 5) is 38.5. The molecule has 324 valence electrons. The zero-order chi connectivity index (χ0) is 40.5. The van der Waals surface area contributed by atoms with Crippen LogP contribution in [0.25, 0.3) is 0 Å². The molecule has 0 aromatic carbocycles. The minimum Gasteiger partial charge on any atom is -0.443 e. The molecule has 0 fully saturated rings. The van der Waals surface area contributed by atoms with Crippen molar-refractivity contribution in [1.29, 1.82) is 0 Å². The van der Waals surface area contributed by atoms with Crippen LogP contribution in [0.5, 0.6) is 0 Å². The first-order valence-electron chi connectivity index (χ1n) is 23.2. The van der Waals surface area contributed by atoms with Gasteiger partial charge < -0.3 is 15.4 Å². The third-order valence-corrected chi connectivity index (χ3v) is 12.7. The second kappa shape index (κ2) is 42.1. The van der Waals surface area contributed by atoms with Gasteiger partial charge >= 0.3 is 5.97 Å². The van der Waals surface area contributed by atoms with Crippen molar-refractivity contribution in [1.82, 2.24) is 10.6 Å². The monoisotopic (exact) mass is 813 g/mol. The van der Waals surface area contributed by atoms with E-state index in [1.165, 1.54) is 122 Å². The number of thiol groups is 1. The highest BCUT2D eigenvalue weighted by molar-refractivity contribution is 8.16. The van der Waals surface area contributed by atoms with Crippen LogP contribution in [0.15, 0.2) is 24.3 Å². The molecular weight excluding hydrogens is 724 g/mol. The fourth-order valence-electron chi connectivity index (χ4n) is 6.65. The number of ether oxygens (including phenoxy) is 1. The Morgan fingerprint density at radius 1 is 0.545 bits per heavy atom. The summed E-state index contributed by atoms with van der Waals surface area (Å²) in [6, 6.07) is -0.713. The molecule has 0 rings (SSSR count). The number of allylic oxidation sites excluding steroid dienone is 4. The predicted molar refractivity (Wildman–Crippen MR) is 244 cm³/mol. The molecule has 0 radical (unpaired) electrons. The Bertz CT molecular complexity index is 946. The second-order valence-electron chi connectivity index (χ2n) is 15.9. The SMILES string of the molecule is CCCCCCCC/C=C\CCCCCCCC(=O)NCC(Cl)OC(=O)[C@@H](CC[SH](C)CCCC)NC(=O)CCCCCCC/C=C\CCCCCCCC. The van der Waals surface area contributed by atoms with Gasteiger partial charge in [-0.3, -0.25) is 20.5 Å². The Kier molecular flexibility index (Phi) is 41.0. The first kappa shape index (κ1) is 53.5. The van der Waals surface area contributed by atoms with E-state index in [9.17, 15) is 14.4 Å². The van der Waals surface area contributed by atoms with Crippen LogP contribution in [0.2, 0.25) is 0 Å². The van der Waals surface area contributed by atoms with E-state index in [-0.39, 0.29) is 29.3 Å². The summed E-state index contributed by atoms with van der Waals surface area (Å²) in [5, 5.41) is 5.77. The topological polar surface area (TPSA) is 84.5 Å². The van der Waals surface area contributed by atoms with E-state index >= 15 is 0 Å². The van der Waals surface area contributed by atoms with Gasteiger partial charge in [0.2, 0.25) is 11.8 Å². The molecular formula is C47H89ClN2O4S. The summed E-state index contributed by atoms with van der Waals surface area (Å²) < 4.78 is 5.53. The van der Waals surface area contributed by atoms with Gasteiger partial charge in [0.25, 0.3) is 0 Å². The van der Waals surface area contributed by atoms with Gasteiger partial charge in [-0.25, -0.2) is 4.79 Å². The van der Waals surface area contributed by atoms with Crippen molar-refractivity contribution in [3.05, 3.63) is 24.3 Å². The summed E-state index contributed by atoms with van der Waals surface area (Å²) in [6.07, 6.45) is 47.0. The lowest BCUT2D eigenvalue weighted by Crippen LogP contribution is -2.44. The number of rotatable bonds is 41. The van der Waals surface area contributed by atoms with Gasteiger partial charge in [-0.2, -0.15) is 0 Å². The summed E-state index contributed by atoms with van der Waals surface area (Å²) >= 11 is 6.36. The van der Waals surface area contributed by atoms with Crippen molar-refractivity contribution in [2.24, 2.45) is 0 Å². The summed E-state index contributed by atoms with van der Waals surface area (Å²) in [5.74, 6) is 1.37. The average Bonchev–Trinajstić information content (AvgIpc) is 3.17. The van der Waals surface area contributed by atoms with E-state index in [1.54, 1.807) is 0 Å². The number of carbonyl (C=O) groups is 3. The maximum Gasteiger partial charge on any atom is 0.330 e. The largest absolute Gasteiger partial charge is 0.443 e. The van der Waals surface area contributed by atoms with Gasteiger partial charge in [0.1, 0.15) is 6.04 Å². The standard InChI is InChI=1S/C47H89ClN2O4S/c1-5-8-11-13-15-17-19-21-23-25-27-29-31-33-35-37-45(51)49-42-44(48)54-47(53)43(39-41-55(4)40-10-7-3)50-46(52)38-36-34-32-30-28-26-24-22-20-18-16-14-12-9-6-2/h21-24,43-44,55H,5-20,25-42H2,1-4H3,(H,49,51)(H,50,52)/b23-21-,24-22-/t43-,44?/m1/s1. The molecule has 0 bridgehead atoms. The van der Waals surface area contributed by atoms with E-state index in [0.717, 1.165) is 69.3 Å². The normalized spacial score (nSPS) is 13.7. The quantitative estimate of drug-likeness (QED) is 0.0189. The lowest BCUT2D eigenvalue weighted by atomic mass is 10.1. The fourth-order valence-corrected chi connectivity index (χ4v) is 8.59. The van der Waals surface area contributed by atoms with E-state index < -0.39 is 17.6 Å². The molecule has 8 heteroatoms. The number of carbonyl (C=O) groups excluding carboxylic acids is 3. The minimum absolute atomic E-state index is 0.0593. The van der Waals surface area contributed by atoms with Gasteiger partial charge in [0.15, 0.2) is 5.56 Å². The van der Waals surface area contributed by atoms with Gasteiger partial charge in [-0.05, 0) is 94.8 Å². The molecule has 0 aromatic heterocycles. The van der Waals surface area contributed by atoms with Crippen LogP contribution in [0.1, 0.15) is 220 Å². The molecule has 2 unspecified atom stereocenters. The lowest BCUT2D eigenvalue weighted by molar-refractivity contribution is -0.149. The van der Waals surface area contributed by atoms with Crippen molar-refractivity contribution in [3.63, 3.8) is 0 Å². The van der Waals surface area contributed by atoms with Crippen LogP contribution in [-0.4, -0.2) is 53.7 Å². The molecule has 6 nitrogen and oxygen atoms in total. The number of nitrogens with one attached hydrogen (secondary N) is 2. The molecule has 55 heavy (non-hydrogen) atoms. The molecule has 0 spiro atoms. The van der Waals surface area contributed by atoms with E-state index in [0.29, 0.717) is 19.3 Å². The highest BCUT2D eigenvalue weighted by Crippen LogP contribution is 2.24. The number of hydrogen-bond acceptors (Lipinski definition) is 4. The van der Waals surface area contributed by atoms with Crippen molar-refractivity contribution in [3.8, 4) is 0 Å². The Labute approximate surface area is 348 Å². The number of amides is 2. The van der Waals surface area contributed by atoms with E-state index in [1.807, 2.05) is 0 Å². The molecule has 0 aromatic rings. The highest BCUT2D eigenvalue weighted by atomic mass is 35.5. The lowest BCUT2D eigenvalue weighted by Gasteiger charge is -2.23. The molecule has 2 amide bonds. The predicted octanol–water partition coefficient (Wildman–Crippen LogP) is 13.6. The van der Waals surface area contributed by atoms with Crippen LogP contribution in [0, 0.1) is 0 Å². The third-order valence-electron chi connectivity index (χ3n) is 10.3. The smallest absolute Gasteiger partial charge is 0.330 e. The minimum atomic E-state index is -0.974. The Morgan fingerprint density at radius 3 is 1.40 bits per heavy atom. The molecule has 0 aliphatic rings. The Hall–Kier alpha value is -1.47. The van der Waals surface area contributed by atoms with Crippen LogP contribution in [0.3, 0.4) is 0 Å². The van der Waals surface area contributed by atoms with Gasteiger partial charge in [-0.1, -0.05) is 166 Å². The van der Waals surface area contributed by atoms with Gasteiger partial charge in [-0.15, -0.1) is 0 Å². The fraction of sp³-hybridized carbons (Fsp3) is 0.851. The number of hydrogen-bond donors (Lipinski definition) is 3. The Balaban J connectivity index is 4.27. The first-order valence-corrected chi connectivity index (χ1v) is 25.8. The van der Waals surface area contributed by atoms with Gasteiger partial charge in [0.05, 0.1) is 6.54 Å². The zero-order valence-corrected chi connectivity index (χ0v) is 38.1.